The van der Waals surface area contributed by atoms with Crippen molar-refractivity contribution in [2.24, 2.45) is 0 Å². The van der Waals surface area contributed by atoms with E-state index in [0.717, 1.165) is 40.6 Å². The number of nitrogens with one attached hydrogen (secondary N) is 1. The molecular weight excluding hydrogens is 344 g/mol. The lowest BCUT2D eigenvalue weighted by Gasteiger charge is -2.37. The Balaban J connectivity index is 1.55. The molecule has 1 fully saturated rings. The predicted molar refractivity (Wildman–Crippen MR) is 116 cm³/mol. The predicted octanol–water partition coefficient (Wildman–Crippen LogP) is 5.37. The number of amides is 1. The molecule has 1 aliphatic rings. The number of hydrogen-bond donors (Lipinski definition) is 1. The molecule has 0 aliphatic carbocycles. The van der Waals surface area contributed by atoms with Crippen LogP contribution < -0.4 is 5.32 Å². The summed E-state index contributed by atoms with van der Waals surface area (Å²) in [6, 6.07) is 25.0. The molecule has 1 saturated heterocycles. The van der Waals surface area contributed by atoms with Gasteiger partial charge in [-0.2, -0.15) is 0 Å². The maximum Gasteiger partial charge on any atom is 0.279 e. The number of carbonyl (C=O) groups excluding carboxylic acids is 1. The summed E-state index contributed by atoms with van der Waals surface area (Å²) in [6.45, 7) is 3.64. The summed E-state index contributed by atoms with van der Waals surface area (Å²) in [5.41, 5.74) is 2.23. The summed E-state index contributed by atoms with van der Waals surface area (Å²) in [5.74, 6) is 0.120. The van der Waals surface area contributed by atoms with Crippen LogP contribution >= 0.6 is 0 Å². The SMILES string of the molecule is O=C(C[N+]1(Cc2ccccc2)CCCCCC1)Nc1cccc2ccccc12. The van der Waals surface area contributed by atoms with E-state index in [4.69, 9.17) is 0 Å². The number of rotatable bonds is 5. The highest BCUT2D eigenvalue weighted by molar-refractivity contribution is 6.02. The van der Waals surface area contributed by atoms with E-state index in [1.54, 1.807) is 0 Å². The third-order valence-corrected chi connectivity index (χ3v) is 5.92. The number of hydrogen-bond acceptors (Lipinski definition) is 1. The minimum atomic E-state index is 0.120. The van der Waals surface area contributed by atoms with Crippen molar-refractivity contribution in [1.82, 2.24) is 0 Å². The summed E-state index contributed by atoms with van der Waals surface area (Å²) in [6.07, 6.45) is 4.96. The molecule has 144 valence electrons. The van der Waals surface area contributed by atoms with Gasteiger partial charge in [0.05, 0.1) is 13.1 Å². The van der Waals surface area contributed by atoms with Gasteiger partial charge in [0.25, 0.3) is 5.91 Å². The number of carbonyl (C=O) groups is 1. The fraction of sp³-hybridized carbons (Fsp3) is 0.320. The topological polar surface area (TPSA) is 29.1 Å². The van der Waals surface area contributed by atoms with Gasteiger partial charge in [0.1, 0.15) is 6.54 Å². The molecule has 4 rings (SSSR count). The first-order chi connectivity index (χ1) is 13.7. The molecule has 0 saturated carbocycles. The molecule has 1 aliphatic heterocycles. The maximum absolute atomic E-state index is 13.1. The van der Waals surface area contributed by atoms with Crippen LogP contribution in [0.1, 0.15) is 31.2 Å². The Kier molecular flexibility index (Phi) is 5.73. The third kappa shape index (κ3) is 4.42. The van der Waals surface area contributed by atoms with Crippen LogP contribution in [0.4, 0.5) is 5.69 Å². The highest BCUT2D eigenvalue weighted by atomic mass is 16.2. The van der Waals surface area contributed by atoms with E-state index in [1.165, 1.54) is 31.2 Å². The Morgan fingerprint density at radius 3 is 2.25 bits per heavy atom. The first-order valence-corrected chi connectivity index (χ1v) is 10.4. The maximum atomic E-state index is 13.1. The van der Waals surface area contributed by atoms with Crippen molar-refractivity contribution in [3.63, 3.8) is 0 Å². The molecule has 0 radical (unpaired) electrons. The van der Waals surface area contributed by atoms with Gasteiger partial charge in [-0.15, -0.1) is 0 Å². The summed E-state index contributed by atoms with van der Waals surface area (Å²) in [7, 11) is 0. The van der Waals surface area contributed by atoms with Crippen LogP contribution in [-0.2, 0) is 11.3 Å². The Morgan fingerprint density at radius 2 is 1.46 bits per heavy atom. The van der Waals surface area contributed by atoms with Crippen LogP contribution in [0.3, 0.4) is 0 Å². The molecule has 3 nitrogen and oxygen atoms in total. The minimum absolute atomic E-state index is 0.120. The van der Waals surface area contributed by atoms with E-state index in [0.29, 0.717) is 6.54 Å². The fourth-order valence-electron chi connectivity index (χ4n) is 4.53. The van der Waals surface area contributed by atoms with Crippen LogP contribution in [0, 0.1) is 0 Å². The van der Waals surface area contributed by atoms with E-state index >= 15 is 0 Å². The Morgan fingerprint density at radius 1 is 0.786 bits per heavy atom. The van der Waals surface area contributed by atoms with Crippen molar-refractivity contribution in [2.75, 3.05) is 25.0 Å². The van der Waals surface area contributed by atoms with Gasteiger partial charge < -0.3 is 9.80 Å². The van der Waals surface area contributed by atoms with E-state index in [1.807, 2.05) is 24.3 Å². The van der Waals surface area contributed by atoms with Gasteiger partial charge in [-0.3, -0.25) is 4.79 Å². The molecular formula is C25H29N2O+. The molecule has 28 heavy (non-hydrogen) atoms. The Bertz CT molecular complexity index is 922. The van der Waals surface area contributed by atoms with E-state index in [-0.39, 0.29) is 5.91 Å². The molecule has 3 heteroatoms. The highest BCUT2D eigenvalue weighted by Crippen LogP contribution is 2.25. The minimum Gasteiger partial charge on any atom is -0.321 e. The van der Waals surface area contributed by atoms with E-state index in [2.05, 4.69) is 53.8 Å². The first kappa shape index (κ1) is 18.7. The molecule has 0 bridgehead atoms. The summed E-state index contributed by atoms with van der Waals surface area (Å²) >= 11 is 0. The third-order valence-electron chi connectivity index (χ3n) is 5.92. The monoisotopic (exact) mass is 373 g/mol. The zero-order valence-electron chi connectivity index (χ0n) is 16.4. The smallest absolute Gasteiger partial charge is 0.279 e. The van der Waals surface area contributed by atoms with Crippen molar-refractivity contribution < 1.29 is 9.28 Å². The second-order valence-corrected chi connectivity index (χ2v) is 8.08. The number of benzene rings is 3. The average Bonchev–Trinajstić information content (AvgIpc) is 2.94. The van der Waals surface area contributed by atoms with Crippen molar-refractivity contribution >= 4 is 22.4 Å². The van der Waals surface area contributed by atoms with Gasteiger partial charge in [-0.05, 0) is 37.1 Å². The molecule has 1 N–H and O–H groups in total. The number of quaternary nitrogens is 1. The zero-order valence-corrected chi connectivity index (χ0v) is 16.4. The van der Waals surface area contributed by atoms with E-state index < -0.39 is 0 Å². The van der Waals surface area contributed by atoms with E-state index in [9.17, 15) is 4.79 Å². The van der Waals surface area contributed by atoms with Gasteiger partial charge in [0.2, 0.25) is 0 Å². The normalized spacial score (nSPS) is 16.4. The van der Waals surface area contributed by atoms with Crippen molar-refractivity contribution in [2.45, 2.75) is 32.2 Å². The Labute approximate surface area is 167 Å². The van der Waals surface area contributed by atoms with Gasteiger partial charge >= 0.3 is 0 Å². The molecule has 3 aromatic carbocycles. The van der Waals surface area contributed by atoms with Crippen LogP contribution in [-0.4, -0.2) is 30.0 Å². The number of fused-ring (bicyclic) bond motifs is 1. The van der Waals surface area contributed by atoms with Crippen molar-refractivity contribution in [1.29, 1.82) is 0 Å². The molecule has 3 aromatic rings. The molecule has 0 atom stereocenters. The second-order valence-electron chi connectivity index (χ2n) is 8.08. The summed E-state index contributed by atoms with van der Waals surface area (Å²) in [4.78, 5) is 13.1. The number of anilines is 1. The van der Waals surface area contributed by atoms with Crippen LogP contribution in [0.5, 0.6) is 0 Å². The number of likely N-dealkylation sites (tertiary alicyclic amines) is 1. The van der Waals surface area contributed by atoms with Gasteiger partial charge in [-0.25, -0.2) is 0 Å². The van der Waals surface area contributed by atoms with Gasteiger partial charge in [0, 0.05) is 16.6 Å². The van der Waals surface area contributed by atoms with Crippen molar-refractivity contribution in [3.05, 3.63) is 78.4 Å². The summed E-state index contributed by atoms with van der Waals surface area (Å²) < 4.78 is 0.862. The largest absolute Gasteiger partial charge is 0.321 e. The fourth-order valence-corrected chi connectivity index (χ4v) is 4.53. The average molecular weight is 374 g/mol. The standard InChI is InChI=1S/C25H28N2O/c28-25(26-24-16-10-14-22-13-6-7-15-23(22)24)20-27(17-8-1-2-9-18-27)19-21-11-4-3-5-12-21/h3-7,10-16H,1-2,8-9,17-20H2/p+1. The van der Waals surface area contributed by atoms with Crippen molar-refractivity contribution in [3.8, 4) is 0 Å². The highest BCUT2D eigenvalue weighted by Gasteiger charge is 2.31. The molecule has 1 heterocycles. The molecule has 0 aromatic heterocycles. The van der Waals surface area contributed by atoms with Crippen LogP contribution in [0.15, 0.2) is 72.8 Å². The lowest BCUT2D eigenvalue weighted by molar-refractivity contribution is -0.932. The number of nitrogens with zero attached hydrogens (tertiary/aromatic N) is 1. The lowest BCUT2D eigenvalue weighted by atomic mass is 10.1. The molecule has 1 amide bonds. The first-order valence-electron chi connectivity index (χ1n) is 10.4. The quantitative estimate of drug-likeness (QED) is 0.599. The lowest BCUT2D eigenvalue weighted by Crippen LogP contribution is -2.52. The van der Waals surface area contributed by atoms with Crippen LogP contribution in [0.2, 0.25) is 0 Å². The molecule has 0 spiro atoms. The Hall–Kier alpha value is -2.65. The van der Waals surface area contributed by atoms with Gasteiger partial charge in [-0.1, -0.05) is 66.7 Å². The van der Waals surface area contributed by atoms with Crippen LogP contribution in [0.25, 0.3) is 10.8 Å². The summed E-state index contributed by atoms with van der Waals surface area (Å²) in [5, 5.41) is 5.47. The zero-order chi connectivity index (χ0) is 19.2. The molecule has 0 unspecified atom stereocenters. The second kappa shape index (κ2) is 8.57. The van der Waals surface area contributed by atoms with Gasteiger partial charge in [0.15, 0.2) is 6.54 Å².